The lowest BCUT2D eigenvalue weighted by atomic mass is 10.3. The van der Waals surface area contributed by atoms with Crippen LogP contribution in [0.3, 0.4) is 0 Å². The molecule has 0 spiro atoms. The van der Waals surface area contributed by atoms with Crippen LogP contribution in [-0.4, -0.2) is 15.2 Å². The first-order valence-corrected chi connectivity index (χ1v) is 3.85. The van der Waals surface area contributed by atoms with E-state index in [4.69, 9.17) is 5.21 Å². The summed E-state index contributed by atoms with van der Waals surface area (Å²) in [7, 11) is 0. The molecule has 1 aromatic heterocycles. The van der Waals surface area contributed by atoms with Gasteiger partial charge in [-0.15, -0.1) is 4.91 Å². The first-order chi connectivity index (χ1) is 6.85. The Kier molecular flexibility index (Phi) is 2.04. The number of aromatic nitrogens is 2. The summed E-state index contributed by atoms with van der Waals surface area (Å²) in [5.41, 5.74) is 2.91. The number of anilines is 1. The standard InChI is InChI=1S/C8H6N4O2/c13-11-7-8(12-14)10-6-4-2-1-3-5(6)9-7/h1-4,13H,(H,9,11). The van der Waals surface area contributed by atoms with Gasteiger partial charge in [-0.25, -0.2) is 15.4 Å². The lowest BCUT2D eigenvalue weighted by Gasteiger charge is -2.01. The van der Waals surface area contributed by atoms with Crippen LogP contribution in [0.2, 0.25) is 0 Å². The van der Waals surface area contributed by atoms with Crippen LogP contribution in [-0.2, 0) is 0 Å². The van der Waals surface area contributed by atoms with Gasteiger partial charge in [-0.2, -0.15) is 0 Å². The maximum absolute atomic E-state index is 10.3. The lowest BCUT2D eigenvalue weighted by Crippen LogP contribution is -1.96. The van der Waals surface area contributed by atoms with Gasteiger partial charge in [-0.3, -0.25) is 5.21 Å². The van der Waals surface area contributed by atoms with Gasteiger partial charge >= 0.3 is 0 Å². The van der Waals surface area contributed by atoms with Crippen molar-refractivity contribution in [3.63, 3.8) is 0 Å². The number of para-hydroxylation sites is 2. The predicted octanol–water partition coefficient (Wildman–Crippen LogP) is 1.83. The third kappa shape index (κ3) is 1.27. The molecule has 6 heteroatoms. The van der Waals surface area contributed by atoms with E-state index in [-0.39, 0.29) is 11.6 Å². The molecule has 2 rings (SSSR count). The summed E-state index contributed by atoms with van der Waals surface area (Å²) in [6.07, 6.45) is 0. The van der Waals surface area contributed by atoms with Crippen LogP contribution >= 0.6 is 0 Å². The second kappa shape index (κ2) is 3.35. The molecule has 0 saturated heterocycles. The predicted molar refractivity (Wildman–Crippen MR) is 50.4 cm³/mol. The zero-order valence-electron chi connectivity index (χ0n) is 7.01. The van der Waals surface area contributed by atoms with Crippen LogP contribution < -0.4 is 5.48 Å². The molecule has 1 aromatic carbocycles. The van der Waals surface area contributed by atoms with Crippen LogP contribution in [0.1, 0.15) is 0 Å². The molecule has 0 aliphatic heterocycles. The van der Waals surface area contributed by atoms with Gasteiger partial charge < -0.3 is 0 Å². The minimum Gasteiger partial charge on any atom is -0.290 e. The van der Waals surface area contributed by atoms with Gasteiger partial charge in [-0.05, 0) is 17.3 Å². The summed E-state index contributed by atoms with van der Waals surface area (Å²) in [5, 5.41) is 11.3. The molecule has 0 unspecified atom stereocenters. The van der Waals surface area contributed by atoms with E-state index in [9.17, 15) is 4.91 Å². The molecule has 6 nitrogen and oxygen atoms in total. The number of nitrogens with one attached hydrogen (secondary N) is 1. The number of nitroso groups, excluding NO2 is 1. The van der Waals surface area contributed by atoms with Crippen LogP contribution in [0.5, 0.6) is 0 Å². The molecule has 0 bridgehead atoms. The Morgan fingerprint density at radius 3 is 2.43 bits per heavy atom. The van der Waals surface area contributed by atoms with E-state index >= 15 is 0 Å². The smallest absolute Gasteiger partial charge is 0.242 e. The van der Waals surface area contributed by atoms with Crippen molar-refractivity contribution in [3.8, 4) is 0 Å². The van der Waals surface area contributed by atoms with E-state index in [1.54, 1.807) is 29.7 Å². The number of hydrogen-bond acceptors (Lipinski definition) is 6. The normalized spacial score (nSPS) is 10.1. The Labute approximate surface area is 78.5 Å². The van der Waals surface area contributed by atoms with Gasteiger partial charge in [0.1, 0.15) is 0 Å². The molecule has 0 radical (unpaired) electrons. The maximum atomic E-state index is 10.3. The average molecular weight is 190 g/mol. The second-order valence-corrected chi connectivity index (χ2v) is 2.59. The highest BCUT2D eigenvalue weighted by Gasteiger charge is 2.07. The summed E-state index contributed by atoms with van der Waals surface area (Å²) in [6.45, 7) is 0. The molecule has 0 amide bonds. The van der Waals surface area contributed by atoms with Gasteiger partial charge in [0.25, 0.3) is 0 Å². The Balaban J connectivity index is 2.75. The first kappa shape index (κ1) is 8.52. The van der Waals surface area contributed by atoms with E-state index in [0.29, 0.717) is 11.0 Å². The van der Waals surface area contributed by atoms with Gasteiger partial charge in [0.05, 0.1) is 11.0 Å². The zero-order valence-corrected chi connectivity index (χ0v) is 7.01. The topological polar surface area (TPSA) is 87.5 Å². The Morgan fingerprint density at radius 2 is 1.86 bits per heavy atom. The van der Waals surface area contributed by atoms with Gasteiger partial charge in [0.15, 0.2) is 5.82 Å². The minimum atomic E-state index is -0.161. The molecule has 0 fully saturated rings. The van der Waals surface area contributed by atoms with Crippen molar-refractivity contribution in [2.45, 2.75) is 0 Å². The van der Waals surface area contributed by atoms with Crippen molar-refractivity contribution in [2.75, 3.05) is 5.48 Å². The van der Waals surface area contributed by atoms with E-state index in [2.05, 4.69) is 15.1 Å². The van der Waals surface area contributed by atoms with Crippen LogP contribution in [0.15, 0.2) is 29.4 Å². The van der Waals surface area contributed by atoms with Gasteiger partial charge in [0, 0.05) is 0 Å². The third-order valence-corrected chi connectivity index (χ3v) is 1.74. The van der Waals surface area contributed by atoms with E-state index in [1.807, 2.05) is 0 Å². The summed E-state index contributed by atoms with van der Waals surface area (Å²) in [6, 6.07) is 6.99. The van der Waals surface area contributed by atoms with Gasteiger partial charge in [-0.1, -0.05) is 12.1 Å². The average Bonchev–Trinajstić information content (AvgIpc) is 2.27. The summed E-state index contributed by atoms with van der Waals surface area (Å²) in [5.74, 6) is -0.204. The second-order valence-electron chi connectivity index (χ2n) is 2.59. The van der Waals surface area contributed by atoms with Crippen molar-refractivity contribution in [2.24, 2.45) is 5.18 Å². The van der Waals surface area contributed by atoms with Crippen LogP contribution in [0.25, 0.3) is 11.0 Å². The lowest BCUT2D eigenvalue weighted by molar-refractivity contribution is 0.386. The number of nitrogens with zero attached hydrogens (tertiary/aromatic N) is 3. The highest BCUT2D eigenvalue weighted by atomic mass is 16.5. The Morgan fingerprint density at radius 1 is 1.21 bits per heavy atom. The molecule has 0 aliphatic carbocycles. The Bertz CT molecular complexity index is 486. The zero-order chi connectivity index (χ0) is 9.97. The summed E-state index contributed by atoms with van der Waals surface area (Å²) in [4.78, 5) is 18.2. The molecule has 2 N–H and O–H groups in total. The van der Waals surface area contributed by atoms with E-state index in [0.717, 1.165) is 0 Å². The highest BCUT2D eigenvalue weighted by molar-refractivity contribution is 5.78. The first-order valence-electron chi connectivity index (χ1n) is 3.85. The third-order valence-electron chi connectivity index (χ3n) is 1.74. The fraction of sp³-hybridized carbons (Fsp3) is 0. The highest BCUT2D eigenvalue weighted by Crippen LogP contribution is 2.22. The molecule has 0 saturated carbocycles. The molecule has 0 atom stereocenters. The maximum Gasteiger partial charge on any atom is 0.242 e. The van der Waals surface area contributed by atoms with Crippen molar-refractivity contribution in [1.29, 1.82) is 0 Å². The number of benzene rings is 1. The van der Waals surface area contributed by atoms with Gasteiger partial charge in [0.2, 0.25) is 5.82 Å². The number of hydrogen-bond donors (Lipinski definition) is 2. The molecule has 2 aromatic rings. The fourth-order valence-electron chi connectivity index (χ4n) is 1.13. The molecular formula is C8H6N4O2. The molecule has 0 aliphatic rings. The Hall–Kier alpha value is -2.08. The number of rotatable bonds is 2. The fourth-order valence-corrected chi connectivity index (χ4v) is 1.13. The van der Waals surface area contributed by atoms with E-state index in [1.165, 1.54) is 0 Å². The summed E-state index contributed by atoms with van der Waals surface area (Å²) >= 11 is 0. The monoisotopic (exact) mass is 190 g/mol. The van der Waals surface area contributed by atoms with Crippen molar-refractivity contribution in [1.82, 2.24) is 9.97 Å². The van der Waals surface area contributed by atoms with Crippen molar-refractivity contribution < 1.29 is 5.21 Å². The van der Waals surface area contributed by atoms with Crippen molar-refractivity contribution >= 4 is 22.7 Å². The molecular weight excluding hydrogens is 184 g/mol. The van der Waals surface area contributed by atoms with Crippen LogP contribution in [0, 0.1) is 4.91 Å². The minimum absolute atomic E-state index is 0.0429. The largest absolute Gasteiger partial charge is 0.290 e. The van der Waals surface area contributed by atoms with E-state index < -0.39 is 0 Å². The number of fused-ring (bicyclic) bond motifs is 1. The molecule has 70 valence electrons. The molecule has 14 heavy (non-hydrogen) atoms. The quantitative estimate of drug-likeness (QED) is 0.557. The molecule has 1 heterocycles. The SMILES string of the molecule is O=Nc1nc2ccccc2nc1NO. The summed E-state index contributed by atoms with van der Waals surface area (Å²) < 4.78 is 0. The van der Waals surface area contributed by atoms with Crippen molar-refractivity contribution in [3.05, 3.63) is 29.2 Å². The van der Waals surface area contributed by atoms with Crippen LogP contribution in [0.4, 0.5) is 11.6 Å².